The van der Waals surface area contributed by atoms with Crippen LogP contribution in [-0.4, -0.2) is 9.97 Å². The number of hydrogen-bond donors (Lipinski definition) is 0. The van der Waals surface area contributed by atoms with Gasteiger partial charge >= 0.3 is 0 Å². The van der Waals surface area contributed by atoms with Crippen molar-refractivity contribution in [3.63, 3.8) is 0 Å². The van der Waals surface area contributed by atoms with E-state index in [2.05, 4.69) is 218 Å². The molecule has 13 rings (SSSR count). The van der Waals surface area contributed by atoms with Crippen LogP contribution < -0.4 is 0 Å². The lowest BCUT2D eigenvalue weighted by Crippen LogP contribution is -1.98. The van der Waals surface area contributed by atoms with Crippen molar-refractivity contribution < 1.29 is 0 Å². The highest BCUT2D eigenvalue weighted by molar-refractivity contribution is 6.34. The van der Waals surface area contributed by atoms with Crippen LogP contribution in [0.5, 0.6) is 0 Å². The summed E-state index contributed by atoms with van der Waals surface area (Å²) in [6.07, 6.45) is 0. The first kappa shape index (κ1) is 34.6. The Kier molecular flexibility index (Phi) is 7.64. The van der Waals surface area contributed by atoms with Crippen LogP contribution in [0.15, 0.2) is 218 Å². The molecule has 0 radical (unpaired) electrons. The maximum atomic E-state index is 5.38. The van der Waals surface area contributed by atoms with Crippen molar-refractivity contribution in [2.24, 2.45) is 0 Å². The van der Waals surface area contributed by atoms with Crippen molar-refractivity contribution >= 4 is 86.3 Å². The highest BCUT2D eigenvalue weighted by Gasteiger charge is 2.21. The summed E-state index contributed by atoms with van der Waals surface area (Å²) in [5.41, 5.74) is 8.77. The minimum Gasteiger partial charge on any atom is -0.228 e. The van der Waals surface area contributed by atoms with Gasteiger partial charge in [0.1, 0.15) is 0 Å². The second-order valence-electron chi connectivity index (χ2n) is 16.3. The van der Waals surface area contributed by atoms with Crippen LogP contribution in [0, 0.1) is 0 Å². The average molecular weight is 785 g/mol. The number of fused-ring (bicyclic) bond motifs is 8. The standard InChI is InChI=1S/C60H36N2/c1-2-15-41(16-3-1)59-52-25-10-11-30-53(52)61-60(62-59)58-50-23-8-6-21-46(50)54(47-22-7-9-24-51(47)58)40-33-31-37(32-34-40)42-26-14-29-49-48-28-13-18-39-36-35-38-17-12-27-44(55(38)56(39)48)43-19-4-5-20-45(43)57(42)49/h1-36H. The Labute approximate surface area is 358 Å². The predicted molar refractivity (Wildman–Crippen MR) is 264 cm³/mol. The van der Waals surface area contributed by atoms with E-state index in [-0.39, 0.29) is 0 Å². The van der Waals surface area contributed by atoms with Gasteiger partial charge in [0.2, 0.25) is 0 Å². The normalized spacial score (nSPS) is 11.9. The zero-order chi connectivity index (χ0) is 40.7. The molecule has 0 atom stereocenters. The first-order valence-corrected chi connectivity index (χ1v) is 21.3. The molecule has 0 aliphatic rings. The molecule has 0 unspecified atom stereocenters. The highest BCUT2D eigenvalue weighted by atomic mass is 14.9. The van der Waals surface area contributed by atoms with Gasteiger partial charge in [0.25, 0.3) is 0 Å². The van der Waals surface area contributed by atoms with E-state index >= 15 is 0 Å². The molecule has 0 aliphatic carbocycles. The molecule has 0 N–H and O–H groups in total. The van der Waals surface area contributed by atoms with E-state index in [0.29, 0.717) is 0 Å². The molecule has 286 valence electrons. The van der Waals surface area contributed by atoms with Crippen LogP contribution in [0.3, 0.4) is 0 Å². The number of rotatable bonds is 4. The number of aromatic nitrogens is 2. The molecule has 0 fully saturated rings. The zero-order valence-corrected chi connectivity index (χ0v) is 33.7. The van der Waals surface area contributed by atoms with Crippen LogP contribution in [-0.2, 0) is 0 Å². The second-order valence-corrected chi connectivity index (χ2v) is 16.3. The third-order valence-electron chi connectivity index (χ3n) is 13.0. The van der Waals surface area contributed by atoms with Crippen molar-refractivity contribution in [3.05, 3.63) is 218 Å². The van der Waals surface area contributed by atoms with Gasteiger partial charge in [-0.3, -0.25) is 0 Å². The summed E-state index contributed by atoms with van der Waals surface area (Å²) >= 11 is 0. The Morgan fingerprint density at radius 3 is 1.34 bits per heavy atom. The minimum absolute atomic E-state index is 0.729. The molecule has 13 aromatic rings. The van der Waals surface area contributed by atoms with Crippen LogP contribution in [0.4, 0.5) is 0 Å². The van der Waals surface area contributed by atoms with Gasteiger partial charge < -0.3 is 0 Å². The first-order valence-electron chi connectivity index (χ1n) is 21.3. The summed E-state index contributed by atoms with van der Waals surface area (Å²) in [6.45, 7) is 0. The summed E-state index contributed by atoms with van der Waals surface area (Å²) in [6, 6.07) is 79.5. The first-order chi connectivity index (χ1) is 30.8. The minimum atomic E-state index is 0.729. The maximum absolute atomic E-state index is 5.38. The number of hydrogen-bond acceptors (Lipinski definition) is 2. The van der Waals surface area contributed by atoms with E-state index in [1.807, 2.05) is 0 Å². The predicted octanol–water partition coefficient (Wildman–Crippen LogP) is 16.4. The molecule has 2 heteroatoms. The number of benzene rings is 11. The summed E-state index contributed by atoms with van der Waals surface area (Å²) in [7, 11) is 0. The molecular weight excluding hydrogens is 749 g/mol. The van der Waals surface area contributed by atoms with Gasteiger partial charge in [0.05, 0.1) is 11.2 Å². The summed E-state index contributed by atoms with van der Waals surface area (Å²) in [5, 5.41) is 18.4. The Morgan fingerprint density at radius 2 is 0.694 bits per heavy atom. The lowest BCUT2D eigenvalue weighted by atomic mass is 9.86. The second kappa shape index (κ2) is 13.7. The molecule has 0 spiro atoms. The Morgan fingerprint density at radius 1 is 0.242 bits per heavy atom. The third-order valence-corrected chi connectivity index (χ3v) is 13.0. The molecule has 0 aliphatic heterocycles. The molecule has 1 aromatic heterocycles. The van der Waals surface area contributed by atoms with Gasteiger partial charge in [0, 0.05) is 16.5 Å². The van der Waals surface area contributed by atoms with Crippen LogP contribution >= 0.6 is 0 Å². The van der Waals surface area contributed by atoms with Crippen molar-refractivity contribution in [1.82, 2.24) is 9.97 Å². The monoisotopic (exact) mass is 784 g/mol. The number of para-hydroxylation sites is 1. The lowest BCUT2D eigenvalue weighted by Gasteiger charge is -2.18. The van der Waals surface area contributed by atoms with E-state index in [1.165, 1.54) is 86.9 Å². The van der Waals surface area contributed by atoms with Gasteiger partial charge in [-0.25, -0.2) is 9.97 Å². The maximum Gasteiger partial charge on any atom is 0.161 e. The Balaban J connectivity index is 1.04. The summed E-state index contributed by atoms with van der Waals surface area (Å²) in [4.78, 5) is 10.6. The van der Waals surface area contributed by atoms with Crippen LogP contribution in [0.25, 0.3) is 131 Å². The van der Waals surface area contributed by atoms with Crippen molar-refractivity contribution in [1.29, 1.82) is 0 Å². The average Bonchev–Trinajstić information content (AvgIpc) is 3.34. The largest absolute Gasteiger partial charge is 0.228 e. The van der Waals surface area contributed by atoms with Gasteiger partial charge in [-0.05, 0) is 104 Å². The Bertz CT molecular complexity index is 3900. The quantitative estimate of drug-likeness (QED) is 0.131. The third kappa shape index (κ3) is 5.17. The SMILES string of the molecule is c1ccc(-c2nc(-c3c4ccccc4c(-c4ccc(-c5cccc6c7cccc8ccc9cccc(c%10ccccc%10c56)c9c87)cc4)c4ccccc34)nc3ccccc23)cc1. The summed E-state index contributed by atoms with van der Waals surface area (Å²) in [5.74, 6) is 0.729. The van der Waals surface area contributed by atoms with Crippen molar-refractivity contribution in [2.45, 2.75) is 0 Å². The van der Waals surface area contributed by atoms with Gasteiger partial charge in [-0.1, -0.05) is 212 Å². The van der Waals surface area contributed by atoms with Gasteiger partial charge in [-0.15, -0.1) is 0 Å². The molecule has 1 heterocycles. The van der Waals surface area contributed by atoms with E-state index in [1.54, 1.807) is 0 Å². The molecule has 2 nitrogen and oxygen atoms in total. The van der Waals surface area contributed by atoms with Gasteiger partial charge in [0.15, 0.2) is 5.82 Å². The van der Waals surface area contributed by atoms with E-state index in [4.69, 9.17) is 9.97 Å². The summed E-state index contributed by atoms with van der Waals surface area (Å²) < 4.78 is 0. The van der Waals surface area contributed by atoms with Gasteiger partial charge in [-0.2, -0.15) is 0 Å². The highest BCUT2D eigenvalue weighted by Crippen LogP contribution is 2.46. The molecule has 12 aromatic carbocycles. The fourth-order valence-electron chi connectivity index (χ4n) is 10.3. The lowest BCUT2D eigenvalue weighted by molar-refractivity contribution is 1.24. The van der Waals surface area contributed by atoms with Crippen LogP contribution in [0.1, 0.15) is 0 Å². The zero-order valence-electron chi connectivity index (χ0n) is 33.7. The Hall–Kier alpha value is -8.20. The fraction of sp³-hybridized carbons (Fsp3) is 0. The topological polar surface area (TPSA) is 25.8 Å². The smallest absolute Gasteiger partial charge is 0.161 e. The molecule has 0 saturated heterocycles. The molecule has 0 bridgehead atoms. The van der Waals surface area contributed by atoms with Crippen molar-refractivity contribution in [3.8, 4) is 44.9 Å². The fourth-order valence-corrected chi connectivity index (χ4v) is 10.3. The molecule has 0 saturated carbocycles. The van der Waals surface area contributed by atoms with Crippen molar-refractivity contribution in [2.75, 3.05) is 0 Å². The molecular formula is C60H36N2. The molecule has 62 heavy (non-hydrogen) atoms. The molecule has 0 amide bonds. The van der Waals surface area contributed by atoms with E-state index < -0.39 is 0 Å². The van der Waals surface area contributed by atoms with E-state index in [9.17, 15) is 0 Å². The number of nitrogens with zero attached hydrogens (tertiary/aromatic N) is 2. The van der Waals surface area contributed by atoms with E-state index in [0.717, 1.165) is 44.3 Å². The van der Waals surface area contributed by atoms with Crippen LogP contribution in [0.2, 0.25) is 0 Å².